The normalized spacial score (nSPS) is 50.0. The van der Waals surface area contributed by atoms with Gasteiger partial charge in [-0.3, -0.25) is 0 Å². The fourth-order valence-corrected chi connectivity index (χ4v) is 3.05. The van der Waals surface area contributed by atoms with Crippen LogP contribution >= 0.6 is 0 Å². The monoisotopic (exact) mass is 260 g/mol. The topological polar surface area (TPSA) is 66.4 Å². The molecule has 0 radical (unpaired) electrons. The first-order chi connectivity index (χ1) is 8.43. The molecule has 1 N–H and O–H groups in total. The van der Waals surface area contributed by atoms with Gasteiger partial charge in [-0.2, -0.15) is 0 Å². The maximum atomic E-state index is 10.9. The van der Waals surface area contributed by atoms with Crippen LogP contribution in [0.3, 0.4) is 0 Å². The van der Waals surface area contributed by atoms with Crippen LogP contribution in [0.5, 0.6) is 0 Å². The Morgan fingerprint density at radius 3 is 2.72 bits per heavy atom. The van der Waals surface area contributed by atoms with E-state index in [0.29, 0.717) is 6.42 Å². The third kappa shape index (κ3) is 1.57. The van der Waals surface area contributed by atoms with E-state index in [4.69, 9.17) is 23.7 Å². The highest BCUT2D eigenvalue weighted by Gasteiger charge is 2.72. The van der Waals surface area contributed by atoms with Crippen molar-refractivity contribution in [2.45, 2.75) is 63.2 Å². The number of fused-ring (bicyclic) bond motifs is 3. The first-order valence-corrected chi connectivity index (χ1v) is 6.40. The number of hydrogen-bond acceptors (Lipinski definition) is 6. The van der Waals surface area contributed by atoms with Gasteiger partial charge in [-0.15, -0.1) is 0 Å². The lowest BCUT2D eigenvalue weighted by Gasteiger charge is -2.45. The van der Waals surface area contributed by atoms with Crippen molar-refractivity contribution in [1.82, 2.24) is 0 Å². The SMILES string of the molecule is CCC[C@@]12COCO[C@@]1(O)C1OC(C)(C)O[C@H]1O2. The van der Waals surface area contributed by atoms with E-state index in [1.54, 1.807) is 13.8 Å². The van der Waals surface area contributed by atoms with Crippen molar-refractivity contribution in [2.75, 3.05) is 13.4 Å². The molecule has 6 nitrogen and oxygen atoms in total. The molecule has 0 aromatic heterocycles. The maximum Gasteiger partial charge on any atom is 0.232 e. The van der Waals surface area contributed by atoms with Crippen molar-refractivity contribution in [1.29, 1.82) is 0 Å². The highest BCUT2D eigenvalue weighted by atomic mass is 16.9. The summed E-state index contributed by atoms with van der Waals surface area (Å²) in [6, 6.07) is 0. The van der Waals surface area contributed by atoms with Gasteiger partial charge in [-0.1, -0.05) is 13.3 Å². The van der Waals surface area contributed by atoms with Crippen LogP contribution in [0.2, 0.25) is 0 Å². The summed E-state index contributed by atoms with van der Waals surface area (Å²) in [5, 5.41) is 10.9. The van der Waals surface area contributed by atoms with Crippen LogP contribution in [0.25, 0.3) is 0 Å². The van der Waals surface area contributed by atoms with Crippen LogP contribution in [0.1, 0.15) is 33.6 Å². The second-order valence-electron chi connectivity index (χ2n) is 5.59. The molecule has 0 spiro atoms. The smallest absolute Gasteiger partial charge is 0.232 e. The molecule has 18 heavy (non-hydrogen) atoms. The molecule has 0 bridgehead atoms. The van der Waals surface area contributed by atoms with Gasteiger partial charge in [0.1, 0.15) is 0 Å². The van der Waals surface area contributed by atoms with Gasteiger partial charge in [-0.05, 0) is 20.3 Å². The lowest BCUT2D eigenvalue weighted by molar-refractivity contribution is -0.387. The zero-order chi connectivity index (χ0) is 13.0. The molecule has 3 aliphatic rings. The molecule has 6 heteroatoms. The van der Waals surface area contributed by atoms with Gasteiger partial charge in [-0.25, -0.2) is 0 Å². The van der Waals surface area contributed by atoms with Crippen molar-refractivity contribution >= 4 is 0 Å². The zero-order valence-corrected chi connectivity index (χ0v) is 11.0. The Kier molecular flexibility index (Phi) is 2.75. The minimum Gasteiger partial charge on any atom is -0.361 e. The summed E-state index contributed by atoms with van der Waals surface area (Å²) >= 11 is 0. The van der Waals surface area contributed by atoms with Crippen LogP contribution in [0.4, 0.5) is 0 Å². The first-order valence-electron chi connectivity index (χ1n) is 6.40. The van der Waals surface area contributed by atoms with Gasteiger partial charge < -0.3 is 28.8 Å². The van der Waals surface area contributed by atoms with Crippen LogP contribution in [-0.4, -0.2) is 48.1 Å². The van der Waals surface area contributed by atoms with Crippen molar-refractivity contribution in [2.24, 2.45) is 0 Å². The summed E-state index contributed by atoms with van der Waals surface area (Å²) in [5.74, 6) is -2.27. The Hall–Kier alpha value is -0.240. The average molecular weight is 260 g/mol. The summed E-state index contributed by atoms with van der Waals surface area (Å²) in [5.41, 5.74) is -0.897. The Morgan fingerprint density at radius 1 is 1.22 bits per heavy atom. The molecule has 3 aliphatic heterocycles. The average Bonchev–Trinajstić information content (AvgIpc) is 2.68. The number of aliphatic hydroxyl groups is 1. The Morgan fingerprint density at radius 2 is 2.00 bits per heavy atom. The Labute approximate surface area is 106 Å². The first kappa shape index (κ1) is 12.8. The molecule has 3 heterocycles. The molecular formula is C12H20O6. The van der Waals surface area contributed by atoms with Crippen LogP contribution in [-0.2, 0) is 23.7 Å². The molecule has 0 saturated carbocycles. The molecule has 0 aromatic carbocycles. The molecule has 0 aliphatic carbocycles. The van der Waals surface area contributed by atoms with E-state index >= 15 is 0 Å². The molecule has 4 atom stereocenters. The summed E-state index contributed by atoms with van der Waals surface area (Å²) < 4.78 is 28.1. The Bertz CT molecular complexity index is 341. The zero-order valence-electron chi connectivity index (χ0n) is 11.0. The van der Waals surface area contributed by atoms with E-state index in [9.17, 15) is 5.11 Å². The van der Waals surface area contributed by atoms with E-state index in [2.05, 4.69) is 0 Å². The van der Waals surface area contributed by atoms with E-state index in [1.807, 2.05) is 6.92 Å². The quantitative estimate of drug-likeness (QED) is 0.789. The van der Waals surface area contributed by atoms with Crippen molar-refractivity contribution < 1.29 is 28.8 Å². The molecule has 3 saturated heterocycles. The Balaban J connectivity index is 1.93. The van der Waals surface area contributed by atoms with Gasteiger partial charge in [0.25, 0.3) is 0 Å². The molecule has 0 amide bonds. The van der Waals surface area contributed by atoms with Gasteiger partial charge in [0.15, 0.2) is 30.6 Å². The van der Waals surface area contributed by atoms with E-state index in [-0.39, 0.29) is 13.4 Å². The highest BCUT2D eigenvalue weighted by Crippen LogP contribution is 2.52. The van der Waals surface area contributed by atoms with Crippen molar-refractivity contribution in [3.05, 3.63) is 0 Å². The lowest BCUT2D eigenvalue weighted by atomic mass is 9.87. The fourth-order valence-electron chi connectivity index (χ4n) is 3.05. The van der Waals surface area contributed by atoms with Gasteiger partial charge in [0.2, 0.25) is 5.79 Å². The predicted octanol–water partition coefficient (Wildman–Crippen LogP) is 0.726. The van der Waals surface area contributed by atoms with Crippen molar-refractivity contribution in [3.63, 3.8) is 0 Å². The van der Waals surface area contributed by atoms with Crippen LogP contribution in [0.15, 0.2) is 0 Å². The molecule has 3 rings (SSSR count). The standard InChI is InChI=1S/C12H20O6/c1-4-5-11-6-14-7-15-12(11,13)8-9(18-11)17-10(2,3)16-8/h8-9,13H,4-7H2,1-3H3/t8?,9-,11+,12-/m0/s1. The number of rotatable bonds is 2. The summed E-state index contributed by atoms with van der Waals surface area (Å²) in [6.45, 7) is 5.93. The van der Waals surface area contributed by atoms with Gasteiger partial charge >= 0.3 is 0 Å². The minimum atomic E-state index is -1.50. The predicted molar refractivity (Wildman–Crippen MR) is 59.4 cm³/mol. The van der Waals surface area contributed by atoms with E-state index < -0.39 is 29.6 Å². The highest BCUT2D eigenvalue weighted by molar-refractivity contribution is 5.10. The molecule has 0 aromatic rings. The largest absolute Gasteiger partial charge is 0.361 e. The van der Waals surface area contributed by atoms with Crippen LogP contribution < -0.4 is 0 Å². The number of ether oxygens (including phenoxy) is 5. The molecule has 104 valence electrons. The lowest BCUT2D eigenvalue weighted by Crippen LogP contribution is -2.64. The van der Waals surface area contributed by atoms with Gasteiger partial charge in [0, 0.05) is 0 Å². The van der Waals surface area contributed by atoms with E-state index in [0.717, 1.165) is 6.42 Å². The second kappa shape index (κ2) is 3.88. The maximum absolute atomic E-state index is 10.9. The summed E-state index contributed by atoms with van der Waals surface area (Å²) in [7, 11) is 0. The minimum absolute atomic E-state index is 0.0400. The number of hydrogen-bond donors (Lipinski definition) is 1. The molecular weight excluding hydrogens is 240 g/mol. The fraction of sp³-hybridized carbons (Fsp3) is 1.00. The summed E-state index contributed by atoms with van der Waals surface area (Å²) in [6.07, 6.45) is 0.225. The summed E-state index contributed by atoms with van der Waals surface area (Å²) in [4.78, 5) is 0. The second-order valence-corrected chi connectivity index (χ2v) is 5.59. The third-order valence-electron chi connectivity index (χ3n) is 3.79. The van der Waals surface area contributed by atoms with Crippen LogP contribution in [0, 0.1) is 0 Å². The van der Waals surface area contributed by atoms with Crippen molar-refractivity contribution in [3.8, 4) is 0 Å². The van der Waals surface area contributed by atoms with Gasteiger partial charge in [0.05, 0.1) is 6.61 Å². The molecule has 3 fully saturated rings. The third-order valence-corrected chi connectivity index (χ3v) is 3.79. The van der Waals surface area contributed by atoms with E-state index in [1.165, 1.54) is 0 Å². The molecule has 1 unspecified atom stereocenters.